The van der Waals surface area contributed by atoms with Gasteiger partial charge in [-0.1, -0.05) is 33.1 Å². The van der Waals surface area contributed by atoms with E-state index in [1.807, 2.05) is 0 Å². The summed E-state index contributed by atoms with van der Waals surface area (Å²) in [4.78, 5) is 2.47. The van der Waals surface area contributed by atoms with Crippen LogP contribution in [0.3, 0.4) is 0 Å². The van der Waals surface area contributed by atoms with E-state index in [0.29, 0.717) is 0 Å². The largest absolute Gasteiger partial charge is 0.329 e. The lowest BCUT2D eigenvalue weighted by Gasteiger charge is -2.43. The van der Waals surface area contributed by atoms with Gasteiger partial charge in [-0.25, -0.2) is 0 Å². The van der Waals surface area contributed by atoms with Crippen LogP contribution in [0.25, 0.3) is 0 Å². The van der Waals surface area contributed by atoms with E-state index in [2.05, 4.69) is 32.7 Å². The number of rotatable bonds is 6. The highest BCUT2D eigenvalue weighted by atomic mass is 15.2. The first kappa shape index (κ1) is 13.0. The monoisotopic (exact) mass is 212 g/mol. The summed E-state index contributed by atoms with van der Waals surface area (Å²) < 4.78 is 0. The zero-order valence-electron chi connectivity index (χ0n) is 10.9. The maximum atomic E-state index is 5.97. The van der Waals surface area contributed by atoms with Crippen LogP contribution in [0.2, 0.25) is 0 Å². The third kappa shape index (κ3) is 3.46. The normalized spacial score (nSPS) is 21.8. The maximum absolute atomic E-state index is 5.97. The molecular formula is C13H28N2. The number of nitrogens with two attached hydrogens (primary N) is 1. The molecule has 0 spiro atoms. The molecule has 1 aliphatic carbocycles. The van der Waals surface area contributed by atoms with Crippen molar-refractivity contribution in [2.75, 3.05) is 20.1 Å². The SMILES string of the molecule is CC(C)CN(C)C(C)(CN)CC1CCC1. The highest BCUT2D eigenvalue weighted by Gasteiger charge is 2.33. The van der Waals surface area contributed by atoms with Crippen molar-refractivity contribution in [3.63, 3.8) is 0 Å². The predicted octanol–water partition coefficient (Wildman–Crippen LogP) is 2.48. The Kier molecular flexibility index (Phi) is 4.60. The third-order valence-corrected chi connectivity index (χ3v) is 3.95. The summed E-state index contributed by atoms with van der Waals surface area (Å²) in [5.74, 6) is 1.66. The Morgan fingerprint density at radius 1 is 1.40 bits per heavy atom. The van der Waals surface area contributed by atoms with Crippen molar-refractivity contribution in [1.29, 1.82) is 0 Å². The molecule has 0 heterocycles. The van der Waals surface area contributed by atoms with E-state index >= 15 is 0 Å². The molecule has 0 aromatic rings. The minimum absolute atomic E-state index is 0.218. The van der Waals surface area contributed by atoms with Crippen LogP contribution in [0.4, 0.5) is 0 Å². The van der Waals surface area contributed by atoms with Crippen molar-refractivity contribution < 1.29 is 0 Å². The Balaban J connectivity index is 2.48. The van der Waals surface area contributed by atoms with Crippen LogP contribution in [-0.2, 0) is 0 Å². The molecule has 1 aliphatic rings. The fourth-order valence-corrected chi connectivity index (χ4v) is 2.48. The van der Waals surface area contributed by atoms with E-state index in [-0.39, 0.29) is 5.54 Å². The van der Waals surface area contributed by atoms with E-state index < -0.39 is 0 Å². The fraction of sp³-hybridized carbons (Fsp3) is 1.00. The van der Waals surface area contributed by atoms with Crippen molar-refractivity contribution in [3.05, 3.63) is 0 Å². The molecule has 2 nitrogen and oxygen atoms in total. The quantitative estimate of drug-likeness (QED) is 0.733. The molecule has 0 aromatic heterocycles. The molecule has 0 aliphatic heterocycles. The first-order chi connectivity index (χ1) is 6.98. The molecule has 0 radical (unpaired) electrons. The molecule has 2 heteroatoms. The number of hydrogen-bond acceptors (Lipinski definition) is 2. The Morgan fingerprint density at radius 2 is 2.00 bits per heavy atom. The first-order valence-electron chi connectivity index (χ1n) is 6.39. The van der Waals surface area contributed by atoms with Gasteiger partial charge in [-0.3, -0.25) is 4.90 Å². The second-order valence-corrected chi connectivity index (χ2v) is 5.98. The van der Waals surface area contributed by atoms with Gasteiger partial charge < -0.3 is 5.73 Å². The van der Waals surface area contributed by atoms with Gasteiger partial charge in [0.2, 0.25) is 0 Å². The van der Waals surface area contributed by atoms with Crippen molar-refractivity contribution in [2.45, 2.75) is 52.0 Å². The lowest BCUT2D eigenvalue weighted by molar-refractivity contribution is 0.0819. The van der Waals surface area contributed by atoms with E-state index in [1.54, 1.807) is 0 Å². The zero-order chi connectivity index (χ0) is 11.5. The molecule has 1 fully saturated rings. The van der Waals surface area contributed by atoms with Crippen LogP contribution in [0.1, 0.15) is 46.5 Å². The molecule has 1 atom stereocenters. The fourth-order valence-electron chi connectivity index (χ4n) is 2.48. The summed E-state index contributed by atoms with van der Waals surface area (Å²) >= 11 is 0. The highest BCUT2D eigenvalue weighted by molar-refractivity contribution is 4.90. The lowest BCUT2D eigenvalue weighted by Crippen LogP contribution is -2.52. The molecule has 0 amide bonds. The molecule has 15 heavy (non-hydrogen) atoms. The van der Waals surface area contributed by atoms with Gasteiger partial charge in [0.1, 0.15) is 0 Å². The van der Waals surface area contributed by atoms with Crippen LogP contribution in [0, 0.1) is 11.8 Å². The molecule has 1 unspecified atom stereocenters. The van der Waals surface area contributed by atoms with Crippen molar-refractivity contribution in [1.82, 2.24) is 4.90 Å². The van der Waals surface area contributed by atoms with Crippen LogP contribution in [0.15, 0.2) is 0 Å². The Bertz CT molecular complexity index is 187. The smallest absolute Gasteiger partial charge is 0.0303 e. The number of likely N-dealkylation sites (N-methyl/N-ethyl adjacent to an activating group) is 1. The number of hydrogen-bond donors (Lipinski definition) is 1. The molecule has 0 aromatic carbocycles. The lowest BCUT2D eigenvalue weighted by atomic mass is 9.76. The molecule has 0 saturated heterocycles. The molecule has 0 bridgehead atoms. The molecular weight excluding hydrogens is 184 g/mol. The minimum Gasteiger partial charge on any atom is -0.329 e. The summed E-state index contributed by atoms with van der Waals surface area (Å²) in [6.07, 6.45) is 5.56. The van der Waals surface area contributed by atoms with E-state index in [9.17, 15) is 0 Å². The van der Waals surface area contributed by atoms with Gasteiger partial charge in [0.15, 0.2) is 0 Å². The summed E-state index contributed by atoms with van der Waals surface area (Å²) in [6, 6.07) is 0. The predicted molar refractivity (Wildman–Crippen MR) is 66.9 cm³/mol. The zero-order valence-corrected chi connectivity index (χ0v) is 10.9. The average molecular weight is 212 g/mol. The second kappa shape index (κ2) is 5.31. The summed E-state index contributed by atoms with van der Waals surface area (Å²) in [7, 11) is 2.23. The summed E-state index contributed by atoms with van der Waals surface area (Å²) in [6.45, 7) is 8.81. The van der Waals surface area contributed by atoms with Gasteiger partial charge in [0, 0.05) is 18.6 Å². The summed E-state index contributed by atoms with van der Waals surface area (Å²) in [5, 5.41) is 0. The van der Waals surface area contributed by atoms with Gasteiger partial charge in [-0.15, -0.1) is 0 Å². The maximum Gasteiger partial charge on any atom is 0.0303 e. The van der Waals surface area contributed by atoms with E-state index in [1.165, 1.54) is 25.7 Å². The van der Waals surface area contributed by atoms with Gasteiger partial charge >= 0.3 is 0 Å². The van der Waals surface area contributed by atoms with Crippen LogP contribution in [-0.4, -0.2) is 30.6 Å². The van der Waals surface area contributed by atoms with Crippen LogP contribution >= 0.6 is 0 Å². The molecule has 1 rings (SSSR count). The van der Waals surface area contributed by atoms with Crippen molar-refractivity contribution in [2.24, 2.45) is 17.6 Å². The molecule has 90 valence electrons. The number of nitrogens with zero attached hydrogens (tertiary/aromatic N) is 1. The van der Waals surface area contributed by atoms with Crippen molar-refractivity contribution in [3.8, 4) is 0 Å². The molecule has 2 N–H and O–H groups in total. The average Bonchev–Trinajstić information content (AvgIpc) is 2.10. The first-order valence-corrected chi connectivity index (χ1v) is 6.39. The Labute approximate surface area is 95.2 Å². The summed E-state index contributed by atoms with van der Waals surface area (Å²) in [5.41, 5.74) is 6.19. The van der Waals surface area contributed by atoms with Gasteiger partial charge in [-0.2, -0.15) is 0 Å². The minimum atomic E-state index is 0.218. The van der Waals surface area contributed by atoms with Crippen LogP contribution < -0.4 is 5.73 Å². The van der Waals surface area contributed by atoms with Gasteiger partial charge in [0.25, 0.3) is 0 Å². The van der Waals surface area contributed by atoms with Crippen LogP contribution in [0.5, 0.6) is 0 Å². The molecule has 1 saturated carbocycles. The van der Waals surface area contributed by atoms with E-state index in [0.717, 1.165) is 24.9 Å². The standard InChI is InChI=1S/C13H28N2/c1-11(2)9-15(4)13(3,10-14)8-12-6-5-7-12/h11-12H,5-10,14H2,1-4H3. The van der Waals surface area contributed by atoms with E-state index in [4.69, 9.17) is 5.73 Å². The van der Waals surface area contributed by atoms with Crippen molar-refractivity contribution >= 4 is 0 Å². The van der Waals surface area contributed by atoms with Gasteiger partial charge in [-0.05, 0) is 32.2 Å². The van der Waals surface area contributed by atoms with Gasteiger partial charge in [0.05, 0.1) is 0 Å². The third-order valence-electron chi connectivity index (χ3n) is 3.95. The topological polar surface area (TPSA) is 29.3 Å². The second-order valence-electron chi connectivity index (χ2n) is 5.98. The Morgan fingerprint density at radius 3 is 2.33 bits per heavy atom. The Hall–Kier alpha value is -0.0800. The highest BCUT2D eigenvalue weighted by Crippen LogP contribution is 2.35.